The van der Waals surface area contributed by atoms with E-state index < -0.39 is 12.6 Å². The Morgan fingerprint density at radius 2 is 2.31 bits per heavy atom. The van der Waals surface area contributed by atoms with Crippen molar-refractivity contribution >= 4 is 5.71 Å². The summed E-state index contributed by atoms with van der Waals surface area (Å²) in [5, 5.41) is 26.6. The first-order valence-electron chi connectivity index (χ1n) is 3.69. The first-order valence-corrected chi connectivity index (χ1v) is 3.69. The molecule has 0 unspecified atom stereocenters. The molecule has 1 aromatic rings. The highest BCUT2D eigenvalue weighted by Crippen LogP contribution is 1.96. The van der Waals surface area contributed by atoms with Crippen LogP contribution in [0.4, 0.5) is 4.39 Å². The van der Waals surface area contributed by atoms with E-state index in [0.717, 1.165) is 6.07 Å². The van der Waals surface area contributed by atoms with Crippen molar-refractivity contribution in [2.75, 3.05) is 6.61 Å². The van der Waals surface area contributed by atoms with Crippen LogP contribution >= 0.6 is 0 Å². The van der Waals surface area contributed by atoms with Crippen LogP contribution in [0.1, 0.15) is 5.69 Å². The number of pyridine rings is 1. The first-order chi connectivity index (χ1) is 6.15. The maximum Gasteiger partial charge on any atom is 0.371 e. The SMILES string of the molecule is N=C(CO)Cc1cccc(F)[n+]1[O-]. The summed E-state index contributed by atoms with van der Waals surface area (Å²) in [6, 6.07) is 3.85. The number of aliphatic hydroxyl groups excluding tert-OH is 1. The molecule has 0 aromatic carbocycles. The van der Waals surface area contributed by atoms with Gasteiger partial charge in [0, 0.05) is 17.8 Å². The van der Waals surface area contributed by atoms with Crippen LogP contribution in [0, 0.1) is 16.6 Å². The van der Waals surface area contributed by atoms with E-state index in [-0.39, 0.29) is 22.6 Å². The van der Waals surface area contributed by atoms with Crippen LogP contribution in [0.2, 0.25) is 0 Å². The van der Waals surface area contributed by atoms with E-state index in [1.807, 2.05) is 0 Å². The van der Waals surface area contributed by atoms with E-state index >= 15 is 0 Å². The van der Waals surface area contributed by atoms with Gasteiger partial charge in [0.15, 0.2) is 0 Å². The van der Waals surface area contributed by atoms with Gasteiger partial charge < -0.3 is 15.7 Å². The van der Waals surface area contributed by atoms with Crippen LogP contribution in [0.15, 0.2) is 18.2 Å². The van der Waals surface area contributed by atoms with Crippen molar-refractivity contribution in [1.29, 1.82) is 5.41 Å². The van der Waals surface area contributed by atoms with Crippen molar-refractivity contribution in [3.63, 3.8) is 0 Å². The van der Waals surface area contributed by atoms with Gasteiger partial charge in [-0.1, -0.05) is 0 Å². The zero-order valence-corrected chi connectivity index (χ0v) is 6.83. The lowest BCUT2D eigenvalue weighted by atomic mass is 10.2. The van der Waals surface area contributed by atoms with Gasteiger partial charge in [0.2, 0.25) is 5.69 Å². The molecule has 5 heteroatoms. The van der Waals surface area contributed by atoms with Gasteiger partial charge in [0.1, 0.15) is 0 Å². The van der Waals surface area contributed by atoms with E-state index in [0.29, 0.717) is 0 Å². The van der Waals surface area contributed by atoms with Gasteiger partial charge in [0.05, 0.1) is 13.0 Å². The summed E-state index contributed by atoms with van der Waals surface area (Å²) in [5.41, 5.74) is 0.106. The van der Waals surface area contributed by atoms with Crippen molar-refractivity contribution < 1.29 is 14.2 Å². The molecule has 0 atom stereocenters. The largest absolute Gasteiger partial charge is 0.616 e. The number of halogens is 1. The van der Waals surface area contributed by atoms with Crippen molar-refractivity contribution in [3.05, 3.63) is 35.0 Å². The molecule has 0 bridgehead atoms. The topological polar surface area (TPSA) is 71.0 Å². The van der Waals surface area contributed by atoms with Gasteiger partial charge in [-0.05, 0) is 6.07 Å². The normalized spacial score (nSPS) is 10.0. The van der Waals surface area contributed by atoms with Gasteiger partial charge in [-0.2, -0.15) is 0 Å². The number of nitrogens with one attached hydrogen (secondary N) is 1. The van der Waals surface area contributed by atoms with Gasteiger partial charge >= 0.3 is 5.95 Å². The molecule has 0 aliphatic carbocycles. The minimum absolute atomic E-state index is 0.0183. The monoisotopic (exact) mass is 184 g/mol. The number of hydrogen-bond acceptors (Lipinski definition) is 3. The average molecular weight is 184 g/mol. The lowest BCUT2D eigenvalue weighted by molar-refractivity contribution is -0.644. The highest BCUT2D eigenvalue weighted by Gasteiger charge is 2.11. The molecule has 1 aromatic heterocycles. The molecule has 0 radical (unpaired) electrons. The van der Waals surface area contributed by atoms with Crippen LogP contribution in [-0.4, -0.2) is 17.4 Å². The maximum absolute atomic E-state index is 12.7. The molecular weight excluding hydrogens is 175 g/mol. The molecule has 0 aliphatic heterocycles. The number of nitrogens with zero attached hydrogens (tertiary/aromatic N) is 1. The molecule has 0 fully saturated rings. The summed E-state index contributed by atoms with van der Waals surface area (Å²) in [5.74, 6) is -0.900. The fourth-order valence-electron chi connectivity index (χ4n) is 0.916. The predicted molar refractivity (Wildman–Crippen MR) is 43.9 cm³/mol. The zero-order chi connectivity index (χ0) is 9.84. The van der Waals surface area contributed by atoms with E-state index in [1.54, 1.807) is 0 Å². The lowest BCUT2D eigenvalue weighted by Crippen LogP contribution is -2.37. The van der Waals surface area contributed by atoms with Crippen LogP contribution in [0.3, 0.4) is 0 Å². The Labute approximate surface area is 74.3 Å². The molecule has 1 heterocycles. The molecule has 0 aliphatic rings. The number of hydrogen-bond donors (Lipinski definition) is 2. The van der Waals surface area contributed by atoms with Gasteiger partial charge in [0.25, 0.3) is 0 Å². The molecule has 1 rings (SSSR count). The number of rotatable bonds is 3. The fourth-order valence-corrected chi connectivity index (χ4v) is 0.916. The van der Waals surface area contributed by atoms with E-state index in [9.17, 15) is 9.60 Å². The Morgan fingerprint density at radius 1 is 1.62 bits per heavy atom. The number of aliphatic hydroxyl groups is 1. The highest BCUT2D eigenvalue weighted by molar-refractivity contribution is 5.83. The quantitative estimate of drug-likeness (QED) is 0.301. The standard InChI is InChI=1S/C8H9FN2O2/c9-8-3-1-2-7(11(8)13)4-6(10)5-12/h1-3,10,12H,4-5H2. The summed E-state index contributed by atoms with van der Waals surface area (Å²) < 4.78 is 12.8. The van der Waals surface area contributed by atoms with E-state index in [4.69, 9.17) is 10.5 Å². The Bertz CT molecular complexity index is 328. The molecule has 0 saturated heterocycles. The predicted octanol–water partition coefficient (Wildman–Crippen LogP) is 0.0137. The molecule has 0 saturated carbocycles. The van der Waals surface area contributed by atoms with E-state index in [2.05, 4.69) is 0 Å². The summed E-state index contributed by atoms with van der Waals surface area (Å²) in [7, 11) is 0. The minimum Gasteiger partial charge on any atom is -0.616 e. The van der Waals surface area contributed by atoms with Gasteiger partial charge in [-0.25, -0.2) is 0 Å². The Morgan fingerprint density at radius 3 is 2.92 bits per heavy atom. The summed E-state index contributed by atoms with van der Waals surface area (Å²) in [6.45, 7) is -0.420. The van der Waals surface area contributed by atoms with Crippen LogP contribution in [-0.2, 0) is 6.42 Å². The van der Waals surface area contributed by atoms with Crippen molar-refractivity contribution in [3.8, 4) is 0 Å². The van der Waals surface area contributed by atoms with Crippen LogP contribution in [0.5, 0.6) is 0 Å². The average Bonchev–Trinajstić information content (AvgIpc) is 2.13. The molecule has 13 heavy (non-hydrogen) atoms. The smallest absolute Gasteiger partial charge is 0.371 e. The Kier molecular flexibility index (Phi) is 2.92. The molecule has 4 nitrogen and oxygen atoms in total. The molecule has 2 N–H and O–H groups in total. The fraction of sp³-hybridized carbons (Fsp3) is 0.250. The van der Waals surface area contributed by atoms with Crippen molar-refractivity contribution in [1.82, 2.24) is 0 Å². The molecule has 0 amide bonds. The summed E-state index contributed by atoms with van der Waals surface area (Å²) in [6.07, 6.45) is -0.0300. The lowest BCUT2D eigenvalue weighted by Gasteiger charge is -2.03. The Balaban J connectivity index is 2.89. The Hall–Kier alpha value is -1.49. The zero-order valence-electron chi connectivity index (χ0n) is 6.83. The minimum atomic E-state index is -0.900. The molecule has 0 spiro atoms. The first kappa shape index (κ1) is 9.60. The third-order valence-corrected chi connectivity index (χ3v) is 1.56. The van der Waals surface area contributed by atoms with E-state index in [1.165, 1.54) is 12.1 Å². The number of aromatic nitrogens is 1. The summed E-state index contributed by atoms with van der Waals surface area (Å²) >= 11 is 0. The highest BCUT2D eigenvalue weighted by atomic mass is 19.1. The molecular formula is C8H9FN2O2. The van der Waals surface area contributed by atoms with Crippen molar-refractivity contribution in [2.45, 2.75) is 6.42 Å². The third kappa shape index (κ3) is 2.22. The van der Waals surface area contributed by atoms with Crippen molar-refractivity contribution in [2.24, 2.45) is 0 Å². The second kappa shape index (κ2) is 3.95. The van der Waals surface area contributed by atoms with Crippen LogP contribution < -0.4 is 4.73 Å². The second-order valence-electron chi connectivity index (χ2n) is 2.57. The molecule has 70 valence electrons. The van der Waals surface area contributed by atoms with Gasteiger partial charge in [-0.3, -0.25) is 0 Å². The third-order valence-electron chi connectivity index (χ3n) is 1.56. The second-order valence-corrected chi connectivity index (χ2v) is 2.57. The maximum atomic E-state index is 12.7. The summed E-state index contributed by atoms with van der Waals surface area (Å²) in [4.78, 5) is 0. The van der Waals surface area contributed by atoms with Crippen LogP contribution in [0.25, 0.3) is 0 Å². The van der Waals surface area contributed by atoms with Gasteiger partial charge in [-0.15, -0.1) is 9.12 Å².